The van der Waals surface area contributed by atoms with Crippen LogP contribution >= 0.6 is 0 Å². The summed E-state index contributed by atoms with van der Waals surface area (Å²) in [6, 6.07) is 12.6. The number of aromatic nitrogens is 2. The molecule has 0 amide bonds. The number of benzene rings is 2. The number of nitrogens with zero attached hydrogens (tertiary/aromatic N) is 2. The minimum absolute atomic E-state index is 0.620. The average molecular weight is 349 g/mol. The molecular weight excluding hydrogens is 323 g/mol. The average Bonchev–Trinajstić information content (AvgIpc) is 2.98. The van der Waals surface area contributed by atoms with Gasteiger partial charge < -0.3 is 0 Å². The minimum atomic E-state index is -1.52. The minimum Gasteiger partial charge on any atom is -0.195 e. The number of imidazole rings is 1. The molecule has 0 radical (unpaired) electrons. The quantitative estimate of drug-likeness (QED) is 0.528. The summed E-state index contributed by atoms with van der Waals surface area (Å²) >= 11 is 0. The van der Waals surface area contributed by atoms with Crippen molar-refractivity contribution in [2.24, 2.45) is 0 Å². The van der Waals surface area contributed by atoms with Crippen molar-refractivity contribution < 1.29 is 8.96 Å². The van der Waals surface area contributed by atoms with Gasteiger partial charge >= 0.3 is 0 Å². The van der Waals surface area contributed by atoms with Gasteiger partial charge in [-0.05, 0) is 57.4 Å². The molecule has 26 heavy (non-hydrogen) atoms. The summed E-state index contributed by atoms with van der Waals surface area (Å²) in [5.74, 6) is -0.617. The van der Waals surface area contributed by atoms with Crippen LogP contribution in [0.25, 0.3) is 17.1 Å². The van der Waals surface area contributed by atoms with Gasteiger partial charge in [0.05, 0.1) is 11.0 Å². The van der Waals surface area contributed by atoms with Gasteiger partial charge in [0.1, 0.15) is 18.1 Å². The Labute approximate surface area is 154 Å². The Balaban J connectivity index is 2.09. The second-order valence-corrected chi connectivity index (χ2v) is 8.23. The second kappa shape index (κ2) is 5.29. The highest BCUT2D eigenvalue weighted by Crippen LogP contribution is 2.47. The lowest BCUT2D eigenvalue weighted by atomic mass is 9.72. The van der Waals surface area contributed by atoms with Gasteiger partial charge in [0.15, 0.2) is 0 Å². The molecule has 0 unspecified atom stereocenters. The fraction of sp³-hybridized carbons (Fsp3) is 0.348. The lowest BCUT2D eigenvalue weighted by Crippen LogP contribution is -2.64. The normalized spacial score (nSPS) is 20.6. The number of hydrogen-bond donors (Lipinski definition) is 0. The number of fused-ring (bicyclic) bond motifs is 3. The number of rotatable bonds is 1. The summed E-state index contributed by atoms with van der Waals surface area (Å²) in [7, 11) is 0. The molecule has 0 saturated heterocycles. The molecule has 0 fully saturated rings. The molecule has 0 aliphatic carbocycles. The molecule has 0 N–H and O–H groups in total. The van der Waals surface area contributed by atoms with Crippen LogP contribution < -0.4 is 4.57 Å². The zero-order valence-electron chi connectivity index (χ0n) is 16.4. The van der Waals surface area contributed by atoms with Crippen LogP contribution in [0, 0.1) is 20.8 Å². The summed E-state index contributed by atoms with van der Waals surface area (Å²) in [6.07, 6.45) is 3.88. The summed E-state index contributed by atoms with van der Waals surface area (Å²) in [6.45, 7) is 12.0. The molecule has 1 aliphatic heterocycles. The monoisotopic (exact) mass is 349 g/mol. The van der Waals surface area contributed by atoms with E-state index in [1.165, 1.54) is 16.7 Å². The van der Waals surface area contributed by atoms with Gasteiger partial charge in [-0.25, -0.2) is 0 Å². The first-order chi connectivity index (χ1) is 12.2. The zero-order valence-corrected chi connectivity index (χ0v) is 16.4. The third kappa shape index (κ3) is 2.06. The predicted molar refractivity (Wildman–Crippen MR) is 103 cm³/mol. The molecule has 2 nitrogen and oxygen atoms in total. The Morgan fingerprint density at radius 3 is 2.23 bits per heavy atom. The van der Waals surface area contributed by atoms with Crippen LogP contribution in [-0.2, 0) is 11.2 Å². The van der Waals surface area contributed by atoms with Crippen LogP contribution in [0.2, 0.25) is 0 Å². The van der Waals surface area contributed by atoms with Crippen LogP contribution in [0.4, 0.5) is 4.39 Å². The van der Waals surface area contributed by atoms with E-state index in [0.29, 0.717) is 0 Å². The maximum atomic E-state index is 16.1. The predicted octanol–water partition coefficient (Wildman–Crippen LogP) is 5.29. The fourth-order valence-electron chi connectivity index (χ4n) is 4.49. The van der Waals surface area contributed by atoms with Crippen molar-refractivity contribution in [2.75, 3.05) is 0 Å². The Morgan fingerprint density at radius 1 is 0.962 bits per heavy atom. The Bertz CT molecular complexity index is 1000. The first kappa shape index (κ1) is 17.0. The SMILES string of the molecule is Cc1cc(C)c(-n2cc[n+]3c2-c2ccccc2C(C)(C)[C@]3(C)F)c(C)c1. The van der Waals surface area contributed by atoms with Gasteiger partial charge in [-0.15, -0.1) is 0 Å². The van der Waals surface area contributed by atoms with Crippen LogP contribution in [0.1, 0.15) is 43.0 Å². The topological polar surface area (TPSA) is 8.81 Å². The van der Waals surface area contributed by atoms with Gasteiger partial charge in [-0.2, -0.15) is 13.5 Å². The maximum absolute atomic E-state index is 16.1. The van der Waals surface area contributed by atoms with E-state index >= 15 is 4.39 Å². The number of halogens is 1. The molecule has 134 valence electrons. The molecule has 1 atom stereocenters. The van der Waals surface area contributed by atoms with Crippen molar-refractivity contribution in [1.29, 1.82) is 0 Å². The van der Waals surface area contributed by atoms with E-state index in [1.807, 2.05) is 38.4 Å². The van der Waals surface area contributed by atoms with Crippen molar-refractivity contribution in [3.05, 3.63) is 71.0 Å². The van der Waals surface area contributed by atoms with Gasteiger partial charge in [-0.3, -0.25) is 0 Å². The van der Waals surface area contributed by atoms with Crippen molar-refractivity contribution >= 4 is 0 Å². The molecule has 0 spiro atoms. The lowest BCUT2D eigenvalue weighted by Gasteiger charge is -2.40. The van der Waals surface area contributed by atoms with E-state index in [4.69, 9.17) is 0 Å². The molecule has 2 aromatic carbocycles. The highest BCUT2D eigenvalue weighted by Gasteiger charge is 2.55. The lowest BCUT2D eigenvalue weighted by molar-refractivity contribution is -0.792. The molecule has 0 saturated carbocycles. The molecule has 3 aromatic rings. The van der Waals surface area contributed by atoms with Gasteiger partial charge in [0, 0.05) is 6.92 Å². The molecule has 0 bridgehead atoms. The molecule has 4 rings (SSSR count). The van der Waals surface area contributed by atoms with Crippen molar-refractivity contribution in [2.45, 2.75) is 52.8 Å². The molecule has 2 heterocycles. The highest BCUT2D eigenvalue weighted by molar-refractivity contribution is 5.66. The first-order valence-corrected chi connectivity index (χ1v) is 9.17. The molecule has 3 heteroatoms. The van der Waals surface area contributed by atoms with Gasteiger partial charge in [0.25, 0.3) is 11.6 Å². The third-order valence-corrected chi connectivity index (χ3v) is 6.13. The van der Waals surface area contributed by atoms with Crippen LogP contribution in [0.5, 0.6) is 0 Å². The van der Waals surface area contributed by atoms with Crippen molar-refractivity contribution in [3.8, 4) is 17.1 Å². The second-order valence-electron chi connectivity index (χ2n) is 8.23. The smallest absolute Gasteiger partial charge is 0.195 e. The largest absolute Gasteiger partial charge is 0.297 e. The number of hydrogen-bond acceptors (Lipinski definition) is 0. The van der Waals surface area contributed by atoms with E-state index in [1.54, 1.807) is 11.5 Å². The summed E-state index contributed by atoms with van der Waals surface area (Å²) < 4.78 is 20.0. The fourth-order valence-corrected chi connectivity index (χ4v) is 4.49. The van der Waals surface area contributed by atoms with E-state index < -0.39 is 11.2 Å². The summed E-state index contributed by atoms with van der Waals surface area (Å²) in [5, 5.41) is 0. The van der Waals surface area contributed by atoms with Crippen LogP contribution in [0.15, 0.2) is 48.8 Å². The van der Waals surface area contributed by atoms with Gasteiger partial charge in [-0.1, -0.05) is 35.9 Å². The van der Waals surface area contributed by atoms with Crippen molar-refractivity contribution in [1.82, 2.24) is 4.57 Å². The summed E-state index contributed by atoms with van der Waals surface area (Å²) in [5.41, 5.74) is 6.30. The molecular formula is C23H26FN2+. The Kier molecular flexibility index (Phi) is 3.46. The molecule has 1 aromatic heterocycles. The van der Waals surface area contributed by atoms with E-state index in [9.17, 15) is 0 Å². The van der Waals surface area contributed by atoms with Crippen LogP contribution in [-0.4, -0.2) is 4.57 Å². The van der Waals surface area contributed by atoms with Gasteiger partial charge in [0.2, 0.25) is 0 Å². The Hall–Kier alpha value is -2.42. The van der Waals surface area contributed by atoms with E-state index in [2.05, 4.69) is 49.6 Å². The van der Waals surface area contributed by atoms with Crippen LogP contribution in [0.3, 0.4) is 0 Å². The standard InChI is InChI=1S/C23H26FN2/c1-15-13-16(2)20(17(3)14-15)25-11-12-26-21(25)18-9-7-8-10-19(18)22(4,5)23(26,6)24/h7-14H,1-6H3/q+1/t23-/m1/s1. The third-order valence-electron chi connectivity index (χ3n) is 6.13. The zero-order chi connectivity index (χ0) is 18.9. The number of aryl methyl sites for hydroxylation is 3. The van der Waals surface area contributed by atoms with E-state index in [-0.39, 0.29) is 0 Å². The Morgan fingerprint density at radius 2 is 1.58 bits per heavy atom. The van der Waals surface area contributed by atoms with Crippen molar-refractivity contribution in [3.63, 3.8) is 0 Å². The maximum Gasteiger partial charge on any atom is 0.297 e. The number of alkyl halides is 1. The summed E-state index contributed by atoms with van der Waals surface area (Å²) in [4.78, 5) is 0. The molecule has 1 aliphatic rings. The first-order valence-electron chi connectivity index (χ1n) is 9.17. The van der Waals surface area contributed by atoms with E-state index in [0.717, 1.165) is 22.6 Å². The highest BCUT2D eigenvalue weighted by atomic mass is 19.1.